The zero-order valence-electron chi connectivity index (χ0n) is 10.00. The van der Waals surface area contributed by atoms with E-state index in [1.165, 1.54) is 7.05 Å². The van der Waals surface area contributed by atoms with Gasteiger partial charge in [0.1, 0.15) is 5.69 Å². The Labute approximate surface area is 100 Å². The average Bonchev–Trinajstić information content (AvgIpc) is 2.32. The lowest BCUT2D eigenvalue weighted by molar-refractivity contribution is -0.387. The van der Waals surface area contributed by atoms with Gasteiger partial charge in [-0.25, -0.2) is 4.79 Å². The van der Waals surface area contributed by atoms with E-state index in [4.69, 9.17) is 0 Å². The molecule has 9 heteroatoms. The van der Waals surface area contributed by atoms with Crippen LogP contribution in [0.4, 0.5) is 5.69 Å². The maximum Gasteiger partial charge on any atom is 0.354 e. The number of hydrogen-bond donors (Lipinski definition) is 0. The lowest BCUT2D eigenvalue weighted by Crippen LogP contribution is -2.40. The summed E-state index contributed by atoms with van der Waals surface area (Å²) in [5.74, 6) is -0.777. The van der Waals surface area contributed by atoms with Gasteiger partial charge < -0.3 is 4.74 Å². The maximum absolute atomic E-state index is 11.6. The largest absolute Gasteiger partial charge is 0.469 e. The van der Waals surface area contributed by atoms with Gasteiger partial charge in [-0.2, -0.15) is 0 Å². The Morgan fingerprint density at radius 1 is 1.33 bits per heavy atom. The highest BCUT2D eigenvalue weighted by atomic mass is 16.6. The number of carbonyl (C=O) groups is 1. The van der Waals surface area contributed by atoms with Crippen LogP contribution in [0.3, 0.4) is 0 Å². The molecule has 18 heavy (non-hydrogen) atoms. The summed E-state index contributed by atoms with van der Waals surface area (Å²) in [6.45, 7) is 0. The van der Waals surface area contributed by atoms with Crippen molar-refractivity contribution >= 4 is 11.7 Å². The molecule has 0 saturated heterocycles. The van der Waals surface area contributed by atoms with Crippen molar-refractivity contribution in [3.8, 4) is 0 Å². The molecule has 0 aliphatic carbocycles. The van der Waals surface area contributed by atoms with E-state index in [0.717, 1.165) is 18.7 Å². The maximum atomic E-state index is 11.6. The number of ether oxygens (including phenoxy) is 1. The van der Waals surface area contributed by atoms with E-state index in [9.17, 15) is 24.5 Å². The normalized spacial score (nSPS) is 10.2. The summed E-state index contributed by atoms with van der Waals surface area (Å²) < 4.78 is 5.86. The van der Waals surface area contributed by atoms with Crippen molar-refractivity contribution in [2.45, 2.75) is 6.42 Å². The van der Waals surface area contributed by atoms with E-state index in [1.807, 2.05) is 0 Å². The van der Waals surface area contributed by atoms with Crippen molar-refractivity contribution in [1.29, 1.82) is 0 Å². The minimum Gasteiger partial charge on any atom is -0.469 e. The highest BCUT2D eigenvalue weighted by Crippen LogP contribution is 2.11. The standard InChI is InChI=1S/C9H11N3O6/c1-10-5(4-6(13)18-3)7(12(16)17)8(14)11(2)9(10)15/h4H2,1-3H3. The summed E-state index contributed by atoms with van der Waals surface area (Å²) in [5.41, 5.74) is -2.88. The van der Waals surface area contributed by atoms with Crippen LogP contribution in [-0.4, -0.2) is 27.1 Å². The van der Waals surface area contributed by atoms with Crippen molar-refractivity contribution in [2.75, 3.05) is 7.11 Å². The van der Waals surface area contributed by atoms with Crippen LogP contribution in [-0.2, 0) is 30.0 Å². The summed E-state index contributed by atoms with van der Waals surface area (Å²) in [5, 5.41) is 10.9. The predicted octanol–water partition coefficient (Wildman–Crippen LogP) is -1.29. The number of esters is 1. The van der Waals surface area contributed by atoms with Gasteiger partial charge in [-0.15, -0.1) is 0 Å². The SMILES string of the molecule is COC(=O)Cc1c([N+](=O)[O-])c(=O)n(C)c(=O)n1C. The molecule has 0 fully saturated rings. The fourth-order valence-electron chi connectivity index (χ4n) is 1.46. The van der Waals surface area contributed by atoms with E-state index in [0.29, 0.717) is 4.57 Å². The Hall–Kier alpha value is -2.45. The lowest BCUT2D eigenvalue weighted by atomic mass is 10.2. The van der Waals surface area contributed by atoms with Crippen LogP contribution in [0.2, 0.25) is 0 Å². The third-order valence-corrected chi connectivity index (χ3v) is 2.48. The van der Waals surface area contributed by atoms with Crippen LogP contribution >= 0.6 is 0 Å². The number of carbonyl (C=O) groups excluding carboxylic acids is 1. The second-order valence-electron chi connectivity index (χ2n) is 3.51. The molecule has 0 aliphatic heterocycles. The first-order chi connectivity index (χ1) is 8.31. The van der Waals surface area contributed by atoms with Gasteiger partial charge in [-0.1, -0.05) is 0 Å². The molecule has 9 nitrogen and oxygen atoms in total. The summed E-state index contributed by atoms with van der Waals surface area (Å²) in [6.07, 6.45) is -0.519. The molecule has 1 aromatic heterocycles. The quantitative estimate of drug-likeness (QED) is 0.378. The van der Waals surface area contributed by atoms with Gasteiger partial charge in [0.15, 0.2) is 0 Å². The van der Waals surface area contributed by atoms with Gasteiger partial charge in [0.2, 0.25) is 0 Å². The molecule has 1 aromatic rings. The molecule has 0 saturated carbocycles. The van der Waals surface area contributed by atoms with Crippen molar-refractivity contribution in [3.05, 3.63) is 36.6 Å². The molecule has 0 aliphatic rings. The number of nitrogens with zero attached hydrogens (tertiary/aromatic N) is 3. The zero-order valence-corrected chi connectivity index (χ0v) is 10.00. The molecule has 0 spiro atoms. The average molecular weight is 257 g/mol. The second-order valence-corrected chi connectivity index (χ2v) is 3.51. The summed E-state index contributed by atoms with van der Waals surface area (Å²) in [4.78, 5) is 44.3. The van der Waals surface area contributed by atoms with Crippen LogP contribution in [0, 0.1) is 10.1 Å². The fraction of sp³-hybridized carbons (Fsp3) is 0.444. The number of hydrogen-bond acceptors (Lipinski definition) is 6. The van der Waals surface area contributed by atoms with E-state index in [-0.39, 0.29) is 5.69 Å². The molecular weight excluding hydrogens is 246 g/mol. The smallest absolute Gasteiger partial charge is 0.354 e. The fourth-order valence-corrected chi connectivity index (χ4v) is 1.46. The van der Waals surface area contributed by atoms with Crippen molar-refractivity contribution < 1.29 is 14.5 Å². The van der Waals surface area contributed by atoms with Crippen LogP contribution in [0.1, 0.15) is 5.69 Å². The van der Waals surface area contributed by atoms with E-state index < -0.39 is 34.2 Å². The lowest BCUT2D eigenvalue weighted by Gasteiger charge is -2.08. The third-order valence-electron chi connectivity index (χ3n) is 2.48. The molecule has 98 valence electrons. The zero-order chi connectivity index (χ0) is 14.0. The molecule has 1 heterocycles. The summed E-state index contributed by atoms with van der Waals surface area (Å²) in [6, 6.07) is 0. The Bertz CT molecular complexity index is 626. The number of methoxy groups -OCH3 is 1. The van der Waals surface area contributed by atoms with Crippen LogP contribution in [0.15, 0.2) is 9.59 Å². The monoisotopic (exact) mass is 257 g/mol. The molecule has 0 bridgehead atoms. The predicted molar refractivity (Wildman–Crippen MR) is 59.3 cm³/mol. The Morgan fingerprint density at radius 3 is 2.33 bits per heavy atom. The third kappa shape index (κ3) is 2.14. The molecule has 1 rings (SSSR count). The minimum absolute atomic E-state index is 0.278. The molecule has 0 amide bonds. The van der Waals surface area contributed by atoms with Crippen molar-refractivity contribution in [1.82, 2.24) is 9.13 Å². The topological polar surface area (TPSA) is 113 Å². The first kappa shape index (κ1) is 13.6. The molecule has 0 radical (unpaired) electrons. The molecule has 0 atom stereocenters. The van der Waals surface area contributed by atoms with Crippen molar-refractivity contribution in [2.24, 2.45) is 14.1 Å². The van der Waals surface area contributed by atoms with E-state index in [1.54, 1.807) is 0 Å². The van der Waals surface area contributed by atoms with Crippen LogP contribution in [0.25, 0.3) is 0 Å². The van der Waals surface area contributed by atoms with Crippen LogP contribution < -0.4 is 11.2 Å². The highest BCUT2D eigenvalue weighted by molar-refractivity contribution is 5.73. The Kier molecular flexibility index (Phi) is 3.64. The molecule has 0 N–H and O–H groups in total. The van der Waals surface area contributed by atoms with Gasteiger partial charge in [-0.05, 0) is 0 Å². The first-order valence-corrected chi connectivity index (χ1v) is 4.81. The van der Waals surface area contributed by atoms with Gasteiger partial charge in [0.05, 0.1) is 18.5 Å². The summed E-state index contributed by atoms with van der Waals surface area (Å²) >= 11 is 0. The number of aromatic nitrogens is 2. The molecule has 0 aromatic carbocycles. The van der Waals surface area contributed by atoms with Gasteiger partial charge >= 0.3 is 22.9 Å². The van der Waals surface area contributed by atoms with Gasteiger partial charge in [-0.3, -0.25) is 28.8 Å². The van der Waals surface area contributed by atoms with Gasteiger partial charge in [0.25, 0.3) is 0 Å². The Balaban J connectivity index is 3.67. The number of nitro groups is 1. The highest BCUT2D eigenvalue weighted by Gasteiger charge is 2.27. The van der Waals surface area contributed by atoms with Gasteiger partial charge in [0, 0.05) is 14.1 Å². The minimum atomic E-state index is -1.05. The second kappa shape index (κ2) is 4.82. The van der Waals surface area contributed by atoms with Crippen LogP contribution in [0.5, 0.6) is 0 Å². The van der Waals surface area contributed by atoms with E-state index in [2.05, 4.69) is 4.74 Å². The molecular formula is C9H11N3O6. The summed E-state index contributed by atoms with van der Waals surface area (Å²) in [7, 11) is 3.47. The first-order valence-electron chi connectivity index (χ1n) is 4.81. The Morgan fingerprint density at radius 2 is 1.89 bits per heavy atom. The molecule has 0 unspecified atom stereocenters. The van der Waals surface area contributed by atoms with E-state index >= 15 is 0 Å². The van der Waals surface area contributed by atoms with Crippen molar-refractivity contribution in [3.63, 3.8) is 0 Å². The number of rotatable bonds is 3.